The SMILES string of the molecule is COc1ccc(NC(N)=N[C@@H]2C[C@H]2C(C)C)cc1OC. The highest BCUT2D eigenvalue weighted by molar-refractivity contribution is 5.92. The Hall–Kier alpha value is -1.91. The second-order valence-corrected chi connectivity index (χ2v) is 5.42. The van der Waals surface area contributed by atoms with Crippen molar-refractivity contribution in [2.45, 2.75) is 26.3 Å². The molecule has 0 aliphatic heterocycles. The van der Waals surface area contributed by atoms with Crippen LogP contribution in [0.2, 0.25) is 0 Å². The minimum absolute atomic E-state index is 0.364. The number of guanidine groups is 1. The minimum atomic E-state index is 0.364. The van der Waals surface area contributed by atoms with E-state index in [1.165, 1.54) is 0 Å². The number of ether oxygens (including phenoxy) is 2. The zero-order chi connectivity index (χ0) is 14.7. The van der Waals surface area contributed by atoms with Crippen LogP contribution in [0, 0.1) is 11.8 Å². The number of nitrogens with zero attached hydrogens (tertiary/aromatic N) is 1. The highest BCUT2D eigenvalue weighted by Crippen LogP contribution is 2.40. The zero-order valence-electron chi connectivity index (χ0n) is 12.5. The summed E-state index contributed by atoms with van der Waals surface area (Å²) >= 11 is 0. The molecule has 5 heteroatoms. The number of hydrogen-bond donors (Lipinski definition) is 2. The molecule has 0 spiro atoms. The Morgan fingerprint density at radius 1 is 1.30 bits per heavy atom. The predicted octanol–water partition coefficient (Wildman–Crippen LogP) is 2.47. The number of nitrogens with two attached hydrogens (primary N) is 1. The van der Waals surface area contributed by atoms with E-state index in [1.54, 1.807) is 14.2 Å². The van der Waals surface area contributed by atoms with Crippen LogP contribution < -0.4 is 20.5 Å². The molecule has 110 valence electrons. The lowest BCUT2D eigenvalue weighted by molar-refractivity contribution is 0.355. The van der Waals surface area contributed by atoms with E-state index in [9.17, 15) is 0 Å². The van der Waals surface area contributed by atoms with Crippen molar-refractivity contribution in [3.63, 3.8) is 0 Å². The van der Waals surface area contributed by atoms with Crippen LogP contribution >= 0.6 is 0 Å². The Labute approximate surface area is 120 Å². The van der Waals surface area contributed by atoms with Crippen molar-refractivity contribution in [3.8, 4) is 11.5 Å². The second-order valence-electron chi connectivity index (χ2n) is 5.42. The van der Waals surface area contributed by atoms with Crippen LogP contribution in [0.5, 0.6) is 11.5 Å². The van der Waals surface area contributed by atoms with Gasteiger partial charge in [0, 0.05) is 11.8 Å². The first-order valence-electron chi connectivity index (χ1n) is 6.87. The molecule has 0 radical (unpaired) electrons. The molecule has 1 aliphatic carbocycles. The fourth-order valence-corrected chi connectivity index (χ4v) is 2.34. The molecule has 0 aromatic heterocycles. The molecule has 1 aliphatic rings. The van der Waals surface area contributed by atoms with E-state index in [0.29, 0.717) is 35.3 Å². The molecule has 5 nitrogen and oxygen atoms in total. The molecule has 3 N–H and O–H groups in total. The normalized spacial score (nSPS) is 21.8. The van der Waals surface area contributed by atoms with Crippen LogP contribution in [0.15, 0.2) is 23.2 Å². The number of hydrogen-bond acceptors (Lipinski definition) is 3. The van der Waals surface area contributed by atoms with Gasteiger partial charge in [-0.25, -0.2) is 4.99 Å². The van der Waals surface area contributed by atoms with Gasteiger partial charge in [-0.15, -0.1) is 0 Å². The number of rotatable bonds is 5. The summed E-state index contributed by atoms with van der Waals surface area (Å²) in [5, 5.41) is 3.09. The molecule has 2 rings (SSSR count). The van der Waals surface area contributed by atoms with Crippen molar-refractivity contribution < 1.29 is 9.47 Å². The van der Waals surface area contributed by atoms with E-state index in [4.69, 9.17) is 15.2 Å². The number of aliphatic imine (C=N–C) groups is 1. The smallest absolute Gasteiger partial charge is 0.193 e. The van der Waals surface area contributed by atoms with Crippen LogP contribution in [0.1, 0.15) is 20.3 Å². The Morgan fingerprint density at radius 2 is 2.00 bits per heavy atom. The Kier molecular flexibility index (Phi) is 4.37. The molecule has 1 saturated carbocycles. The van der Waals surface area contributed by atoms with Gasteiger partial charge in [0.1, 0.15) is 0 Å². The first-order valence-corrected chi connectivity index (χ1v) is 6.87. The molecule has 0 unspecified atom stereocenters. The van der Waals surface area contributed by atoms with Gasteiger partial charge in [0.25, 0.3) is 0 Å². The van der Waals surface area contributed by atoms with Gasteiger partial charge in [-0.2, -0.15) is 0 Å². The number of methoxy groups -OCH3 is 2. The largest absolute Gasteiger partial charge is 0.493 e. The quantitative estimate of drug-likeness (QED) is 0.641. The van der Waals surface area contributed by atoms with E-state index in [1.807, 2.05) is 18.2 Å². The van der Waals surface area contributed by atoms with Crippen molar-refractivity contribution in [2.75, 3.05) is 19.5 Å². The molecule has 0 amide bonds. The molecular formula is C15H23N3O2. The number of benzene rings is 1. The lowest BCUT2D eigenvalue weighted by atomic mass is 10.1. The van der Waals surface area contributed by atoms with Crippen LogP contribution in [0.25, 0.3) is 0 Å². The average Bonchev–Trinajstić information content (AvgIpc) is 3.17. The third-order valence-corrected chi connectivity index (χ3v) is 3.62. The highest BCUT2D eigenvalue weighted by Gasteiger charge is 2.39. The van der Waals surface area contributed by atoms with Gasteiger partial charge in [0.2, 0.25) is 0 Å². The van der Waals surface area contributed by atoms with E-state index in [0.717, 1.165) is 12.1 Å². The Balaban J connectivity index is 2.01. The Bertz CT molecular complexity index is 500. The van der Waals surface area contributed by atoms with E-state index in [2.05, 4.69) is 24.2 Å². The predicted molar refractivity (Wildman–Crippen MR) is 81.5 cm³/mol. The number of nitrogens with one attached hydrogen (secondary N) is 1. The third kappa shape index (κ3) is 3.35. The third-order valence-electron chi connectivity index (χ3n) is 3.62. The summed E-state index contributed by atoms with van der Waals surface area (Å²) in [6.07, 6.45) is 1.13. The van der Waals surface area contributed by atoms with E-state index in [-0.39, 0.29) is 0 Å². The summed E-state index contributed by atoms with van der Waals surface area (Å²) in [6, 6.07) is 5.93. The number of anilines is 1. The summed E-state index contributed by atoms with van der Waals surface area (Å²) < 4.78 is 10.5. The van der Waals surface area contributed by atoms with E-state index >= 15 is 0 Å². The highest BCUT2D eigenvalue weighted by atomic mass is 16.5. The molecular weight excluding hydrogens is 254 g/mol. The summed E-state index contributed by atoms with van der Waals surface area (Å²) in [6.45, 7) is 4.44. The van der Waals surface area contributed by atoms with Gasteiger partial charge >= 0.3 is 0 Å². The summed E-state index contributed by atoms with van der Waals surface area (Å²) in [4.78, 5) is 4.50. The van der Waals surface area contributed by atoms with Gasteiger partial charge in [0.15, 0.2) is 17.5 Å². The van der Waals surface area contributed by atoms with Gasteiger partial charge in [0.05, 0.1) is 20.3 Å². The molecule has 0 saturated heterocycles. The zero-order valence-corrected chi connectivity index (χ0v) is 12.5. The fourth-order valence-electron chi connectivity index (χ4n) is 2.34. The van der Waals surface area contributed by atoms with Crippen molar-refractivity contribution >= 4 is 11.6 Å². The molecule has 1 fully saturated rings. The van der Waals surface area contributed by atoms with Crippen molar-refractivity contribution in [2.24, 2.45) is 22.6 Å². The van der Waals surface area contributed by atoms with Gasteiger partial charge in [-0.3, -0.25) is 0 Å². The fraction of sp³-hybridized carbons (Fsp3) is 0.533. The first kappa shape index (κ1) is 14.5. The molecule has 2 atom stereocenters. The van der Waals surface area contributed by atoms with Gasteiger partial charge in [-0.1, -0.05) is 13.8 Å². The molecule has 20 heavy (non-hydrogen) atoms. The molecule has 1 aromatic carbocycles. The molecule has 1 aromatic rings. The molecule has 0 bridgehead atoms. The second kappa shape index (κ2) is 6.03. The summed E-state index contributed by atoms with van der Waals surface area (Å²) in [5.41, 5.74) is 6.78. The van der Waals surface area contributed by atoms with Crippen molar-refractivity contribution in [3.05, 3.63) is 18.2 Å². The van der Waals surface area contributed by atoms with Crippen LogP contribution in [0.3, 0.4) is 0 Å². The lowest BCUT2D eigenvalue weighted by Gasteiger charge is -2.11. The van der Waals surface area contributed by atoms with E-state index < -0.39 is 0 Å². The van der Waals surface area contributed by atoms with Crippen molar-refractivity contribution in [1.82, 2.24) is 0 Å². The van der Waals surface area contributed by atoms with Gasteiger partial charge in [-0.05, 0) is 30.4 Å². The van der Waals surface area contributed by atoms with Crippen LogP contribution in [0.4, 0.5) is 5.69 Å². The summed E-state index contributed by atoms with van der Waals surface area (Å²) in [7, 11) is 3.22. The Morgan fingerprint density at radius 3 is 2.55 bits per heavy atom. The first-order chi connectivity index (χ1) is 9.55. The maximum absolute atomic E-state index is 5.94. The van der Waals surface area contributed by atoms with Crippen LogP contribution in [-0.2, 0) is 0 Å². The summed E-state index contributed by atoms with van der Waals surface area (Å²) in [5.74, 6) is 3.14. The lowest BCUT2D eigenvalue weighted by Crippen LogP contribution is -2.23. The van der Waals surface area contributed by atoms with Crippen LogP contribution in [-0.4, -0.2) is 26.2 Å². The minimum Gasteiger partial charge on any atom is -0.493 e. The van der Waals surface area contributed by atoms with Gasteiger partial charge < -0.3 is 20.5 Å². The molecule has 0 heterocycles. The maximum Gasteiger partial charge on any atom is 0.193 e. The topological polar surface area (TPSA) is 68.9 Å². The monoisotopic (exact) mass is 277 g/mol. The van der Waals surface area contributed by atoms with Crippen molar-refractivity contribution in [1.29, 1.82) is 0 Å². The maximum atomic E-state index is 5.94. The average molecular weight is 277 g/mol. The standard InChI is InChI=1S/C15H23N3O2/c1-9(2)11-8-12(11)18-15(16)17-10-5-6-13(19-3)14(7-10)20-4/h5-7,9,11-12H,8H2,1-4H3,(H3,16,17,18)/t11-,12+/m0/s1.